The molecule has 35 heavy (non-hydrogen) atoms. The van der Waals surface area contributed by atoms with Gasteiger partial charge in [0.05, 0.1) is 19.6 Å². The van der Waals surface area contributed by atoms with Gasteiger partial charge in [0.15, 0.2) is 0 Å². The van der Waals surface area contributed by atoms with Gasteiger partial charge in [-0.3, -0.25) is 0 Å². The second kappa shape index (κ2) is 5.48. The molecule has 1 saturated heterocycles. The van der Waals surface area contributed by atoms with E-state index < -0.39 is 30.9 Å². The molecule has 0 N–H and O–H groups in total. The van der Waals surface area contributed by atoms with Crippen molar-refractivity contribution in [2.45, 2.75) is 59.5 Å². The minimum atomic E-state index is -4.01. The van der Waals surface area contributed by atoms with Crippen LogP contribution < -0.4 is 0 Å². The molecule has 5 saturated carbocycles. The van der Waals surface area contributed by atoms with Gasteiger partial charge in [-0.15, -0.1) is 0 Å². The quantitative estimate of drug-likeness (QED) is 0.570. The Hall–Kier alpha value is -1.96. The number of sulfone groups is 2. The van der Waals surface area contributed by atoms with Crippen LogP contribution in [0.3, 0.4) is 0 Å². The van der Waals surface area contributed by atoms with Gasteiger partial charge in [-0.05, 0) is 85.5 Å². The summed E-state index contributed by atoms with van der Waals surface area (Å²) in [5, 5.41) is 0. The molecule has 6 atom stereocenters. The summed E-state index contributed by atoms with van der Waals surface area (Å²) in [5.41, 5.74) is -0.955. The van der Waals surface area contributed by atoms with E-state index in [1.165, 1.54) is 12.8 Å². The topological polar surface area (TPSA) is 80.8 Å². The molecule has 7 heteroatoms. The molecule has 1 aliphatic heterocycles. The fraction of sp³-hybridized carbons (Fsp3) is 0.500. The third kappa shape index (κ3) is 1.82. The van der Waals surface area contributed by atoms with E-state index in [1.54, 1.807) is 60.7 Å². The fourth-order valence-electron chi connectivity index (χ4n) is 10.2. The smallest absolute Gasteiger partial charge is 0.204 e. The summed E-state index contributed by atoms with van der Waals surface area (Å²) in [4.78, 5) is 0.718. The largest absolute Gasteiger partial charge is 0.360 e. The van der Waals surface area contributed by atoms with Crippen LogP contribution >= 0.6 is 0 Å². The molecule has 7 aliphatic rings. The van der Waals surface area contributed by atoms with Crippen molar-refractivity contribution in [3.8, 4) is 0 Å². The third-order valence-electron chi connectivity index (χ3n) is 11.2. The summed E-state index contributed by atoms with van der Waals surface area (Å²) in [6, 6.07) is 16.8. The highest BCUT2D eigenvalue weighted by Gasteiger charge is 3.04. The monoisotopic (exact) mass is 506 g/mol. The van der Waals surface area contributed by atoms with Gasteiger partial charge in [0, 0.05) is 11.8 Å². The first kappa shape index (κ1) is 20.1. The molecule has 6 aliphatic carbocycles. The Morgan fingerprint density at radius 3 is 1.37 bits per heavy atom. The molecule has 1 heterocycles. The van der Waals surface area contributed by atoms with Crippen molar-refractivity contribution in [2.24, 2.45) is 34.5 Å². The number of ether oxygens (including phenoxy) is 1. The van der Waals surface area contributed by atoms with Gasteiger partial charge in [-0.25, -0.2) is 16.8 Å². The first-order valence-corrected chi connectivity index (χ1v) is 15.8. The van der Waals surface area contributed by atoms with E-state index in [-0.39, 0.29) is 42.3 Å². The molecule has 6 unspecified atom stereocenters. The zero-order chi connectivity index (χ0) is 23.6. The van der Waals surface area contributed by atoms with Crippen molar-refractivity contribution in [2.75, 3.05) is 0 Å². The number of rotatable bonds is 4. The Morgan fingerprint density at radius 2 is 1.00 bits per heavy atom. The molecule has 0 radical (unpaired) electrons. The summed E-state index contributed by atoms with van der Waals surface area (Å²) >= 11 is 0. The van der Waals surface area contributed by atoms with Crippen molar-refractivity contribution >= 4 is 19.7 Å². The maximum atomic E-state index is 14.4. The lowest BCUT2D eigenvalue weighted by atomic mass is 9.73. The lowest BCUT2D eigenvalue weighted by Gasteiger charge is -2.33. The Morgan fingerprint density at radius 1 is 0.600 bits per heavy atom. The average Bonchev–Trinajstić information content (AvgIpc) is 3.79. The van der Waals surface area contributed by atoms with E-state index in [9.17, 15) is 16.8 Å². The Bertz CT molecular complexity index is 1470. The zero-order valence-electron chi connectivity index (χ0n) is 19.2. The number of epoxide rings is 1. The predicted molar refractivity (Wildman–Crippen MR) is 127 cm³/mol. The molecule has 0 aromatic heterocycles. The molecule has 0 amide bonds. The summed E-state index contributed by atoms with van der Waals surface area (Å²) in [6.07, 6.45) is 6.33. The van der Waals surface area contributed by atoms with E-state index in [0.717, 1.165) is 25.7 Å². The lowest BCUT2D eigenvalue weighted by molar-refractivity contribution is 0.0112. The van der Waals surface area contributed by atoms with Crippen molar-refractivity contribution in [3.63, 3.8) is 0 Å². The van der Waals surface area contributed by atoms with Crippen LogP contribution in [0, 0.1) is 34.5 Å². The molecular weight excluding hydrogens is 480 g/mol. The fourth-order valence-corrected chi connectivity index (χ4v) is 14.6. The zero-order valence-corrected chi connectivity index (χ0v) is 20.8. The van der Waals surface area contributed by atoms with Gasteiger partial charge in [0.2, 0.25) is 19.7 Å². The highest BCUT2D eigenvalue weighted by atomic mass is 32.2. The maximum Gasteiger partial charge on any atom is 0.204 e. The Balaban J connectivity index is 1.37. The van der Waals surface area contributed by atoms with Gasteiger partial charge in [0.25, 0.3) is 0 Å². The first-order chi connectivity index (χ1) is 16.8. The summed E-state index contributed by atoms with van der Waals surface area (Å²) < 4.78 is 64.4. The van der Waals surface area contributed by atoms with E-state index in [4.69, 9.17) is 4.74 Å². The minimum absolute atomic E-state index is 0.173. The average molecular weight is 507 g/mol. The number of hydrogen-bond acceptors (Lipinski definition) is 5. The second-order valence-corrected chi connectivity index (χ2v) is 15.9. The van der Waals surface area contributed by atoms with Crippen LogP contribution in [0.4, 0.5) is 0 Å². The molecule has 6 fully saturated rings. The maximum absolute atomic E-state index is 14.4. The van der Waals surface area contributed by atoms with Crippen molar-refractivity contribution in [3.05, 3.63) is 70.5 Å². The Kier molecular flexibility index (Phi) is 3.15. The summed E-state index contributed by atoms with van der Waals surface area (Å²) in [6.45, 7) is 0. The highest BCUT2D eigenvalue weighted by molar-refractivity contribution is 7.99. The molecule has 180 valence electrons. The van der Waals surface area contributed by atoms with Gasteiger partial charge >= 0.3 is 0 Å². The molecule has 2 aromatic carbocycles. The van der Waals surface area contributed by atoms with Crippen LogP contribution in [-0.4, -0.2) is 28.0 Å². The molecule has 4 bridgehead atoms. The summed E-state index contributed by atoms with van der Waals surface area (Å²) in [7, 11) is -8.02. The third-order valence-corrected chi connectivity index (χ3v) is 15.2. The van der Waals surface area contributed by atoms with Crippen molar-refractivity contribution in [1.82, 2.24) is 0 Å². The van der Waals surface area contributed by atoms with Crippen LogP contribution in [0.5, 0.6) is 0 Å². The normalized spacial score (nSPS) is 41.9. The van der Waals surface area contributed by atoms with Gasteiger partial charge in [-0.1, -0.05) is 36.4 Å². The molecular formula is C28H26O5S2. The van der Waals surface area contributed by atoms with Gasteiger partial charge in [0.1, 0.15) is 11.2 Å². The number of hydrogen-bond donors (Lipinski definition) is 0. The van der Waals surface area contributed by atoms with Gasteiger partial charge < -0.3 is 4.74 Å². The molecule has 5 nitrogen and oxygen atoms in total. The Labute approximate surface area is 205 Å². The van der Waals surface area contributed by atoms with Crippen molar-refractivity contribution in [1.29, 1.82) is 0 Å². The van der Waals surface area contributed by atoms with E-state index in [0.29, 0.717) is 11.8 Å². The van der Waals surface area contributed by atoms with E-state index in [2.05, 4.69) is 0 Å². The molecule has 9 rings (SSSR count). The number of benzene rings is 2. The van der Waals surface area contributed by atoms with Crippen LogP contribution in [0.1, 0.15) is 38.5 Å². The summed E-state index contributed by atoms with van der Waals surface area (Å²) in [5.74, 6) is 0.0572. The highest BCUT2D eigenvalue weighted by Crippen LogP contribution is 2.98. The first-order valence-electron chi connectivity index (χ1n) is 12.8. The van der Waals surface area contributed by atoms with Crippen LogP contribution in [-0.2, 0) is 24.4 Å². The second-order valence-electron chi connectivity index (χ2n) is 12.1. The van der Waals surface area contributed by atoms with Gasteiger partial charge in [-0.2, -0.15) is 0 Å². The van der Waals surface area contributed by atoms with Crippen LogP contribution in [0.2, 0.25) is 0 Å². The molecule has 2 aromatic rings. The predicted octanol–water partition coefficient (Wildman–Crippen LogP) is 4.51. The SMILES string of the molecule is O=S(=O)(C1=C(S(=O)(=O)c2ccccc2)C2C3(CC3)C1C13OC21C1CCC3C12CC2)c1ccccc1. The van der Waals surface area contributed by atoms with Crippen molar-refractivity contribution < 1.29 is 21.6 Å². The minimum Gasteiger partial charge on any atom is -0.360 e. The van der Waals surface area contributed by atoms with Crippen LogP contribution in [0.25, 0.3) is 0 Å². The van der Waals surface area contributed by atoms with E-state index >= 15 is 0 Å². The standard InChI is InChI=1S/C28H26O5S2/c29-34(30,17-7-3-1-4-8-17)21-22(35(31,32)18-9-5-2-6-10-18)24-26(15-16-26)23(21)27-19-11-12-20(25(19)13-14-25)28(24,27)33-27/h1-10,19-20,23-24H,11-16H2. The lowest BCUT2D eigenvalue weighted by Crippen LogP contribution is -2.41. The van der Waals surface area contributed by atoms with Crippen LogP contribution in [0.15, 0.2) is 80.3 Å². The molecule has 2 spiro atoms. The van der Waals surface area contributed by atoms with E-state index in [1.807, 2.05) is 0 Å².